The van der Waals surface area contributed by atoms with E-state index in [1.807, 2.05) is 0 Å². The van der Waals surface area contributed by atoms with Gasteiger partial charge >= 0.3 is 0 Å². The molecule has 1 aromatic rings. The number of nitriles is 1. The van der Waals surface area contributed by atoms with Crippen molar-refractivity contribution in [2.24, 2.45) is 0 Å². The van der Waals surface area contributed by atoms with Crippen LogP contribution in [0.5, 0.6) is 0 Å². The third kappa shape index (κ3) is 2.90. The van der Waals surface area contributed by atoms with Crippen molar-refractivity contribution in [2.45, 2.75) is 76.0 Å². The highest BCUT2D eigenvalue weighted by molar-refractivity contribution is 5.43. The summed E-state index contributed by atoms with van der Waals surface area (Å²) < 4.78 is 0. The molecule has 1 nitrogen and oxygen atoms in total. The van der Waals surface area contributed by atoms with Gasteiger partial charge < -0.3 is 0 Å². The first-order valence-corrected chi connectivity index (χ1v) is 8.42. The number of hydrogen-bond acceptors (Lipinski definition) is 1. The zero-order valence-electron chi connectivity index (χ0n) is 12.4. The van der Waals surface area contributed by atoms with Gasteiger partial charge in [-0.15, -0.1) is 0 Å². The topological polar surface area (TPSA) is 23.8 Å². The normalized spacial score (nSPS) is 21.6. The van der Waals surface area contributed by atoms with Crippen LogP contribution in [0.15, 0.2) is 18.2 Å². The third-order valence-corrected chi connectivity index (χ3v) is 5.32. The van der Waals surface area contributed by atoms with Crippen molar-refractivity contribution in [3.63, 3.8) is 0 Å². The summed E-state index contributed by atoms with van der Waals surface area (Å²) in [6.07, 6.45) is 13.5. The summed E-state index contributed by atoms with van der Waals surface area (Å²) in [5, 5.41) is 9.40. The van der Waals surface area contributed by atoms with E-state index >= 15 is 0 Å². The summed E-state index contributed by atoms with van der Waals surface area (Å²) in [5.41, 5.74) is 3.79. The Balaban J connectivity index is 1.87. The van der Waals surface area contributed by atoms with Crippen LogP contribution in [0, 0.1) is 11.3 Å². The first-order valence-electron chi connectivity index (χ1n) is 8.42. The lowest BCUT2D eigenvalue weighted by atomic mass is 9.78. The molecule has 0 atom stereocenters. The molecule has 0 spiro atoms. The van der Waals surface area contributed by atoms with Gasteiger partial charge in [0.25, 0.3) is 0 Å². The van der Waals surface area contributed by atoms with Crippen LogP contribution in [0.2, 0.25) is 0 Å². The molecule has 20 heavy (non-hydrogen) atoms. The van der Waals surface area contributed by atoms with Crippen LogP contribution in [0.25, 0.3) is 0 Å². The lowest BCUT2D eigenvalue weighted by Crippen LogP contribution is -2.09. The van der Waals surface area contributed by atoms with Gasteiger partial charge in [-0.05, 0) is 54.7 Å². The van der Waals surface area contributed by atoms with Crippen molar-refractivity contribution < 1.29 is 0 Å². The fourth-order valence-electron chi connectivity index (χ4n) is 4.12. The summed E-state index contributed by atoms with van der Waals surface area (Å²) in [6.45, 7) is 0. The molecule has 0 bridgehead atoms. The van der Waals surface area contributed by atoms with Crippen molar-refractivity contribution in [2.75, 3.05) is 0 Å². The monoisotopic (exact) mass is 267 g/mol. The van der Waals surface area contributed by atoms with E-state index in [2.05, 4.69) is 24.3 Å². The van der Waals surface area contributed by atoms with Crippen LogP contribution < -0.4 is 0 Å². The number of hydrogen-bond donors (Lipinski definition) is 0. The van der Waals surface area contributed by atoms with Crippen molar-refractivity contribution in [1.29, 1.82) is 5.26 Å². The van der Waals surface area contributed by atoms with Crippen LogP contribution in [-0.4, -0.2) is 0 Å². The molecule has 3 rings (SSSR count). The Kier molecular flexibility index (Phi) is 4.41. The summed E-state index contributed by atoms with van der Waals surface area (Å²) in [6, 6.07) is 9.13. The maximum absolute atomic E-state index is 9.40. The molecule has 0 heterocycles. The van der Waals surface area contributed by atoms with Gasteiger partial charge in [-0.2, -0.15) is 5.26 Å². The van der Waals surface area contributed by atoms with Crippen LogP contribution >= 0.6 is 0 Å². The van der Waals surface area contributed by atoms with Gasteiger partial charge in [0.2, 0.25) is 0 Å². The maximum Gasteiger partial charge on any atom is 0.0994 e. The number of benzene rings is 1. The highest BCUT2D eigenvalue weighted by atomic mass is 14.3. The molecule has 0 saturated heterocycles. The van der Waals surface area contributed by atoms with Gasteiger partial charge in [-0.25, -0.2) is 0 Å². The first-order chi connectivity index (χ1) is 9.88. The van der Waals surface area contributed by atoms with E-state index in [0.29, 0.717) is 5.92 Å². The molecule has 0 radical (unpaired) electrons. The van der Waals surface area contributed by atoms with E-state index in [1.54, 1.807) is 0 Å². The van der Waals surface area contributed by atoms with Crippen molar-refractivity contribution in [1.82, 2.24) is 0 Å². The van der Waals surface area contributed by atoms with Crippen molar-refractivity contribution >= 4 is 0 Å². The molecule has 2 fully saturated rings. The van der Waals surface area contributed by atoms with E-state index < -0.39 is 0 Å². The lowest BCUT2D eigenvalue weighted by molar-refractivity contribution is 0.435. The molecule has 0 amide bonds. The van der Waals surface area contributed by atoms with Gasteiger partial charge in [0.15, 0.2) is 0 Å². The summed E-state index contributed by atoms with van der Waals surface area (Å²) in [7, 11) is 0. The second-order valence-electron chi connectivity index (χ2n) is 6.63. The molecule has 2 aliphatic rings. The molecule has 1 heteroatoms. The van der Waals surface area contributed by atoms with Crippen molar-refractivity contribution in [3.05, 3.63) is 34.9 Å². The minimum atomic E-state index is 0.641. The fraction of sp³-hybridized carbons (Fsp3) is 0.632. The lowest BCUT2D eigenvalue weighted by Gasteiger charge is -2.26. The second kappa shape index (κ2) is 6.44. The molecule has 106 valence electrons. The molecule has 0 aliphatic heterocycles. The van der Waals surface area contributed by atoms with Gasteiger partial charge in [0, 0.05) is 0 Å². The van der Waals surface area contributed by atoms with Gasteiger partial charge in [-0.1, -0.05) is 50.7 Å². The number of rotatable bonds is 2. The third-order valence-electron chi connectivity index (χ3n) is 5.32. The van der Waals surface area contributed by atoms with Gasteiger partial charge in [0.05, 0.1) is 11.6 Å². The van der Waals surface area contributed by atoms with Crippen LogP contribution in [0.3, 0.4) is 0 Å². The second-order valence-corrected chi connectivity index (χ2v) is 6.63. The SMILES string of the molecule is N#Cc1ccc(C2CCCCC2)cc1C1CCCCC1. The average molecular weight is 267 g/mol. The zero-order valence-corrected chi connectivity index (χ0v) is 12.4. The largest absolute Gasteiger partial charge is 0.192 e. The zero-order chi connectivity index (χ0) is 13.8. The summed E-state index contributed by atoms with van der Waals surface area (Å²) in [4.78, 5) is 0. The Labute approximate surface area is 123 Å². The smallest absolute Gasteiger partial charge is 0.0994 e. The van der Waals surface area contributed by atoms with E-state index in [4.69, 9.17) is 0 Å². The molecular formula is C19H25N. The first kappa shape index (κ1) is 13.7. The van der Waals surface area contributed by atoms with Crippen LogP contribution in [-0.2, 0) is 0 Å². The van der Waals surface area contributed by atoms with E-state index in [0.717, 1.165) is 11.5 Å². The standard InChI is InChI=1S/C19H25N/c20-14-18-12-11-17(15-7-3-1-4-8-15)13-19(18)16-9-5-2-6-10-16/h11-13,15-16H,1-10H2. The quantitative estimate of drug-likeness (QED) is 0.679. The van der Waals surface area contributed by atoms with E-state index in [9.17, 15) is 5.26 Å². The Morgan fingerprint density at radius 3 is 2.00 bits per heavy atom. The summed E-state index contributed by atoms with van der Waals surface area (Å²) >= 11 is 0. The minimum Gasteiger partial charge on any atom is -0.192 e. The molecule has 0 aromatic heterocycles. The Bertz CT molecular complexity index is 485. The minimum absolute atomic E-state index is 0.641. The highest BCUT2D eigenvalue weighted by Gasteiger charge is 2.21. The highest BCUT2D eigenvalue weighted by Crippen LogP contribution is 2.38. The molecule has 0 N–H and O–H groups in total. The molecular weight excluding hydrogens is 242 g/mol. The predicted molar refractivity (Wildman–Crippen MR) is 82.8 cm³/mol. The molecule has 1 aromatic carbocycles. The van der Waals surface area contributed by atoms with Gasteiger partial charge in [0.1, 0.15) is 0 Å². The van der Waals surface area contributed by atoms with Crippen LogP contribution in [0.1, 0.15) is 92.7 Å². The van der Waals surface area contributed by atoms with Crippen molar-refractivity contribution in [3.8, 4) is 6.07 Å². The maximum atomic E-state index is 9.40. The Morgan fingerprint density at radius 1 is 0.800 bits per heavy atom. The Morgan fingerprint density at radius 2 is 1.40 bits per heavy atom. The average Bonchev–Trinajstić information content (AvgIpc) is 2.56. The van der Waals surface area contributed by atoms with E-state index in [1.165, 1.54) is 75.3 Å². The van der Waals surface area contributed by atoms with Gasteiger partial charge in [-0.3, -0.25) is 0 Å². The summed E-state index contributed by atoms with van der Waals surface area (Å²) in [5.74, 6) is 1.39. The van der Waals surface area contributed by atoms with Crippen LogP contribution in [0.4, 0.5) is 0 Å². The number of nitrogens with zero attached hydrogens (tertiary/aromatic N) is 1. The molecule has 2 aliphatic carbocycles. The molecule has 2 saturated carbocycles. The molecule has 0 unspecified atom stereocenters. The van der Waals surface area contributed by atoms with E-state index in [-0.39, 0.29) is 0 Å². The fourth-order valence-corrected chi connectivity index (χ4v) is 4.12. The predicted octanol–water partition coefficient (Wildman–Crippen LogP) is 5.65. The Hall–Kier alpha value is -1.29.